The van der Waals surface area contributed by atoms with Gasteiger partial charge in [-0.25, -0.2) is 9.36 Å². The van der Waals surface area contributed by atoms with Gasteiger partial charge in [0.1, 0.15) is 0 Å². The molecular formula is C22H38N12. The Morgan fingerprint density at radius 3 is 1.24 bits per heavy atom. The van der Waals surface area contributed by atoms with Crippen molar-refractivity contribution in [3.05, 3.63) is 35.7 Å². The van der Waals surface area contributed by atoms with Crippen molar-refractivity contribution in [2.45, 2.75) is 59.4 Å². The molecule has 0 spiro atoms. The van der Waals surface area contributed by atoms with Crippen LogP contribution in [0.5, 0.6) is 0 Å². The fraction of sp³-hybridized carbons (Fsp3) is 0.727. The summed E-state index contributed by atoms with van der Waals surface area (Å²) in [5.74, 6) is 0. The van der Waals surface area contributed by atoms with Gasteiger partial charge in [0.2, 0.25) is 0 Å². The van der Waals surface area contributed by atoms with E-state index in [1.165, 1.54) is 0 Å². The number of hydrogen-bond acceptors (Lipinski definition) is 9. The molecule has 0 atom stereocenters. The van der Waals surface area contributed by atoms with Gasteiger partial charge in [-0.05, 0) is 27.7 Å². The summed E-state index contributed by atoms with van der Waals surface area (Å²) < 4.78 is 5.62. The lowest BCUT2D eigenvalue weighted by atomic mass is 10.3. The average molecular weight is 471 g/mol. The first kappa shape index (κ1) is 24.4. The van der Waals surface area contributed by atoms with Gasteiger partial charge in [-0.2, -0.15) is 0 Å². The lowest BCUT2D eigenvalue weighted by Crippen LogP contribution is -2.35. The largest absolute Gasteiger partial charge is 0.295 e. The minimum Gasteiger partial charge on any atom is -0.295 e. The summed E-state index contributed by atoms with van der Waals surface area (Å²) in [4.78, 5) is 7.41. The Balaban J connectivity index is 1.45. The monoisotopic (exact) mass is 470 g/mol. The summed E-state index contributed by atoms with van der Waals surface area (Å²) in [5.41, 5.74) is 3.03. The molecule has 1 fully saturated rings. The highest BCUT2D eigenvalue weighted by Gasteiger charge is 2.20. The third kappa shape index (κ3) is 6.67. The molecule has 4 rings (SSSR count). The molecule has 12 heteroatoms. The molecule has 34 heavy (non-hydrogen) atoms. The molecule has 0 amide bonds. The van der Waals surface area contributed by atoms with Crippen LogP contribution in [0.25, 0.3) is 0 Å². The summed E-state index contributed by atoms with van der Waals surface area (Å²) in [6.45, 7) is 16.7. The average Bonchev–Trinajstić information content (AvgIpc) is 3.54. The molecule has 0 aliphatic carbocycles. The SMILES string of the molecule is CC(C)n1cc(CN2CCN(Cc3cn(C)nn3)CCN(Cc3cn(C(C)C)nn3)CC2)nn1. The smallest absolute Gasteiger partial charge is 0.0967 e. The Bertz CT molecular complexity index is 958. The maximum atomic E-state index is 4.41. The lowest BCUT2D eigenvalue weighted by molar-refractivity contribution is 0.206. The van der Waals surface area contributed by atoms with Crippen LogP contribution >= 0.6 is 0 Å². The first-order valence-corrected chi connectivity index (χ1v) is 12.2. The van der Waals surface area contributed by atoms with Crippen molar-refractivity contribution in [2.24, 2.45) is 7.05 Å². The first-order chi connectivity index (χ1) is 16.4. The van der Waals surface area contributed by atoms with Crippen LogP contribution < -0.4 is 0 Å². The Hall–Kier alpha value is -2.70. The van der Waals surface area contributed by atoms with Crippen molar-refractivity contribution < 1.29 is 0 Å². The van der Waals surface area contributed by atoms with E-state index in [4.69, 9.17) is 0 Å². The van der Waals surface area contributed by atoms with Gasteiger partial charge in [0.05, 0.1) is 29.5 Å². The number of aryl methyl sites for hydroxylation is 1. The van der Waals surface area contributed by atoms with Crippen molar-refractivity contribution in [1.82, 2.24) is 59.7 Å². The second-order valence-corrected chi connectivity index (χ2v) is 9.78. The third-order valence-electron chi connectivity index (χ3n) is 6.18. The van der Waals surface area contributed by atoms with Gasteiger partial charge in [0, 0.05) is 84.2 Å². The first-order valence-electron chi connectivity index (χ1n) is 12.2. The van der Waals surface area contributed by atoms with Crippen LogP contribution in [-0.4, -0.2) is 98.9 Å². The Morgan fingerprint density at radius 2 is 0.941 bits per heavy atom. The van der Waals surface area contributed by atoms with Crippen molar-refractivity contribution in [3.63, 3.8) is 0 Å². The van der Waals surface area contributed by atoms with Crippen LogP contribution in [0.15, 0.2) is 18.6 Å². The van der Waals surface area contributed by atoms with E-state index in [1.807, 2.05) is 22.6 Å². The quantitative estimate of drug-likeness (QED) is 0.477. The zero-order valence-corrected chi connectivity index (χ0v) is 21.1. The van der Waals surface area contributed by atoms with E-state index in [2.05, 4.69) is 85.7 Å². The number of nitrogens with zero attached hydrogens (tertiary/aromatic N) is 12. The van der Waals surface area contributed by atoms with Crippen LogP contribution in [0, 0.1) is 0 Å². The molecule has 1 aliphatic rings. The molecule has 4 heterocycles. The van der Waals surface area contributed by atoms with Gasteiger partial charge in [0.25, 0.3) is 0 Å². The van der Waals surface area contributed by atoms with Crippen molar-refractivity contribution >= 4 is 0 Å². The van der Waals surface area contributed by atoms with E-state index < -0.39 is 0 Å². The van der Waals surface area contributed by atoms with Gasteiger partial charge in [-0.15, -0.1) is 15.3 Å². The van der Waals surface area contributed by atoms with Gasteiger partial charge in [0.15, 0.2) is 0 Å². The molecule has 0 saturated carbocycles. The molecule has 1 aliphatic heterocycles. The Kier molecular flexibility index (Phi) is 8.01. The highest BCUT2D eigenvalue weighted by atomic mass is 15.4. The molecule has 0 bridgehead atoms. The highest BCUT2D eigenvalue weighted by Crippen LogP contribution is 2.11. The van der Waals surface area contributed by atoms with E-state index in [9.17, 15) is 0 Å². The summed E-state index contributed by atoms with van der Waals surface area (Å²) in [6.07, 6.45) is 6.13. The van der Waals surface area contributed by atoms with Crippen LogP contribution in [0.1, 0.15) is 56.9 Å². The van der Waals surface area contributed by atoms with E-state index >= 15 is 0 Å². The zero-order valence-electron chi connectivity index (χ0n) is 21.1. The maximum absolute atomic E-state index is 4.41. The van der Waals surface area contributed by atoms with E-state index in [0.717, 1.165) is 76.0 Å². The molecule has 0 radical (unpaired) electrons. The molecule has 3 aromatic rings. The summed E-state index contributed by atoms with van der Waals surface area (Å²) >= 11 is 0. The molecule has 3 aromatic heterocycles. The molecule has 0 unspecified atom stereocenters. The standard InChI is InChI=1S/C22H38N12/c1-18(2)33-16-21(24-27-33)14-31-8-6-30(13-20-12-29(5)26-23-20)7-9-32(11-10-31)15-22-17-34(19(3)4)28-25-22/h12,16-19H,6-11,13-15H2,1-5H3. The molecule has 186 valence electrons. The summed E-state index contributed by atoms with van der Waals surface area (Å²) in [5, 5.41) is 25.8. The lowest BCUT2D eigenvalue weighted by Gasteiger charge is -2.24. The molecule has 0 N–H and O–H groups in total. The fourth-order valence-corrected chi connectivity index (χ4v) is 4.09. The predicted octanol–water partition coefficient (Wildman–Crippen LogP) is 0.980. The zero-order chi connectivity index (χ0) is 24.1. The number of rotatable bonds is 8. The summed E-state index contributed by atoms with van der Waals surface area (Å²) in [7, 11) is 1.91. The van der Waals surface area contributed by atoms with E-state index in [-0.39, 0.29) is 0 Å². The second kappa shape index (κ2) is 11.2. The highest BCUT2D eigenvalue weighted by molar-refractivity contribution is 4.96. The van der Waals surface area contributed by atoms with Crippen LogP contribution in [0.2, 0.25) is 0 Å². The van der Waals surface area contributed by atoms with Crippen molar-refractivity contribution in [2.75, 3.05) is 39.3 Å². The van der Waals surface area contributed by atoms with E-state index in [0.29, 0.717) is 12.1 Å². The molecule has 12 nitrogen and oxygen atoms in total. The van der Waals surface area contributed by atoms with Crippen LogP contribution in [0.4, 0.5) is 0 Å². The topological polar surface area (TPSA) is 102 Å². The van der Waals surface area contributed by atoms with Crippen LogP contribution in [-0.2, 0) is 26.7 Å². The normalized spacial score (nSPS) is 17.4. The van der Waals surface area contributed by atoms with Crippen LogP contribution in [0.3, 0.4) is 0 Å². The molecule has 0 aromatic carbocycles. The fourth-order valence-electron chi connectivity index (χ4n) is 4.09. The van der Waals surface area contributed by atoms with Gasteiger partial charge >= 0.3 is 0 Å². The minimum absolute atomic E-state index is 0.314. The Labute approximate surface area is 201 Å². The Morgan fingerprint density at radius 1 is 0.588 bits per heavy atom. The van der Waals surface area contributed by atoms with Crippen molar-refractivity contribution in [3.8, 4) is 0 Å². The number of hydrogen-bond donors (Lipinski definition) is 0. The van der Waals surface area contributed by atoms with E-state index in [1.54, 1.807) is 4.68 Å². The second-order valence-electron chi connectivity index (χ2n) is 9.78. The van der Waals surface area contributed by atoms with Gasteiger partial charge < -0.3 is 0 Å². The van der Waals surface area contributed by atoms with Gasteiger partial charge in [-0.1, -0.05) is 15.6 Å². The van der Waals surface area contributed by atoms with Gasteiger partial charge in [-0.3, -0.25) is 19.4 Å². The minimum atomic E-state index is 0.314. The maximum Gasteiger partial charge on any atom is 0.0967 e. The third-order valence-corrected chi connectivity index (χ3v) is 6.18. The number of aromatic nitrogens is 9. The van der Waals surface area contributed by atoms with Crippen molar-refractivity contribution in [1.29, 1.82) is 0 Å². The molecular weight excluding hydrogens is 432 g/mol. The molecule has 1 saturated heterocycles. The summed E-state index contributed by atoms with van der Waals surface area (Å²) in [6, 6.07) is 0.628. The predicted molar refractivity (Wildman–Crippen MR) is 128 cm³/mol.